The molecular weight excluding hydrogens is 877 g/mol. The first-order chi connectivity index (χ1) is 33.0. The Bertz CT molecular complexity index is 1280. The van der Waals surface area contributed by atoms with Crippen LogP contribution in [0.4, 0.5) is 0 Å². The van der Waals surface area contributed by atoms with Gasteiger partial charge in [0.05, 0.1) is 19.8 Å². The third kappa shape index (κ3) is 28.1. The summed E-state index contributed by atoms with van der Waals surface area (Å²) in [5.41, 5.74) is 0. The third-order valence-electron chi connectivity index (χ3n) is 12.9. The van der Waals surface area contributed by atoms with E-state index in [1.807, 2.05) is 0 Å². The van der Waals surface area contributed by atoms with Crippen LogP contribution >= 0.6 is 0 Å². The van der Waals surface area contributed by atoms with Gasteiger partial charge in [-0.15, -0.1) is 0 Å². The first-order valence-corrected chi connectivity index (χ1v) is 26.9. The lowest BCUT2D eigenvalue weighted by atomic mass is 9.98. The van der Waals surface area contributed by atoms with E-state index in [9.17, 15) is 45.3 Å². The van der Waals surface area contributed by atoms with Gasteiger partial charge in [0.2, 0.25) is 0 Å². The smallest absolute Gasteiger partial charge is 0.306 e. The van der Waals surface area contributed by atoms with Crippen molar-refractivity contribution in [2.24, 2.45) is 0 Å². The fourth-order valence-electron chi connectivity index (χ4n) is 8.43. The van der Waals surface area contributed by atoms with E-state index in [1.54, 1.807) is 0 Å². The molecule has 0 radical (unpaired) electrons. The molecule has 0 amide bonds. The molecule has 398 valence electrons. The Labute approximate surface area is 409 Å². The quantitative estimate of drug-likeness (QED) is 0.0175. The van der Waals surface area contributed by atoms with Crippen molar-refractivity contribution in [1.82, 2.24) is 0 Å². The van der Waals surface area contributed by atoms with E-state index in [4.69, 9.17) is 28.4 Å². The highest BCUT2D eigenvalue weighted by Gasteiger charge is 2.47. The number of hydrogen-bond donors (Lipinski definition) is 7. The minimum atomic E-state index is -1.76. The van der Waals surface area contributed by atoms with Gasteiger partial charge in [-0.25, -0.2) is 0 Å². The predicted molar refractivity (Wildman–Crippen MR) is 261 cm³/mol. The molecule has 2 aliphatic heterocycles. The summed E-state index contributed by atoms with van der Waals surface area (Å²) in [6.45, 7) is 2.55. The van der Waals surface area contributed by atoms with E-state index in [1.165, 1.54) is 109 Å². The number of carbonyl (C=O) groups is 2. The van der Waals surface area contributed by atoms with Crippen LogP contribution < -0.4 is 0 Å². The summed E-state index contributed by atoms with van der Waals surface area (Å²) in [6.07, 6.45) is 25.0. The molecule has 0 aliphatic carbocycles. The van der Waals surface area contributed by atoms with Gasteiger partial charge in [-0.3, -0.25) is 9.59 Å². The number of allylic oxidation sites excluding steroid dienone is 4. The fourth-order valence-corrected chi connectivity index (χ4v) is 8.43. The highest BCUT2D eigenvalue weighted by molar-refractivity contribution is 5.70. The highest BCUT2D eigenvalue weighted by Crippen LogP contribution is 2.26. The molecule has 0 aromatic carbocycles. The number of hydrogen-bond acceptors (Lipinski definition) is 15. The van der Waals surface area contributed by atoms with Crippen LogP contribution in [0, 0.1) is 0 Å². The Hall–Kier alpha value is -2.02. The highest BCUT2D eigenvalue weighted by atomic mass is 16.7. The maximum atomic E-state index is 13.0. The minimum absolute atomic E-state index is 0.165. The lowest BCUT2D eigenvalue weighted by molar-refractivity contribution is -0.332. The summed E-state index contributed by atoms with van der Waals surface area (Å²) in [7, 11) is 0. The molecule has 4 unspecified atom stereocenters. The molecule has 11 atom stereocenters. The molecule has 15 heteroatoms. The van der Waals surface area contributed by atoms with Crippen molar-refractivity contribution in [3.63, 3.8) is 0 Å². The zero-order chi connectivity index (χ0) is 49.6. The standard InChI is InChI=1S/C53H96O15/c1-3-5-7-9-11-13-15-16-17-18-19-20-21-22-23-24-26-28-30-32-34-36-45(56)66-41(38-63-44(55)35-33-31-29-27-25-14-12-10-8-6-4-2)39-64-52-51(62)49(60)47(58)43(68-52)40-65-53-50(61)48(59)46(57)42(37-54)67-53/h10,12,16-17,41-43,46-54,57-62H,3-9,11,13-15,18-40H2,1-2H3/b12-10+,17-16+/t41-,42+,43+,46-,47-,48?,49?,50?,51?,52+,53+/m1/s1. The molecular formula is C53H96O15. The summed E-state index contributed by atoms with van der Waals surface area (Å²) >= 11 is 0. The van der Waals surface area contributed by atoms with E-state index in [0.29, 0.717) is 12.8 Å². The molecule has 0 spiro atoms. The number of ether oxygens (including phenoxy) is 6. The number of aliphatic hydroxyl groups excluding tert-OH is 7. The molecule has 2 aliphatic rings. The number of esters is 2. The maximum absolute atomic E-state index is 13.0. The molecule has 2 fully saturated rings. The van der Waals surface area contributed by atoms with Crippen LogP contribution in [0.5, 0.6) is 0 Å². The zero-order valence-corrected chi connectivity index (χ0v) is 42.1. The monoisotopic (exact) mass is 973 g/mol. The third-order valence-corrected chi connectivity index (χ3v) is 12.9. The van der Waals surface area contributed by atoms with Crippen molar-refractivity contribution < 1.29 is 73.8 Å². The summed E-state index contributed by atoms with van der Waals surface area (Å²) in [5.74, 6) is -0.931. The second-order valence-electron chi connectivity index (χ2n) is 19.0. The lowest BCUT2D eigenvalue weighted by Gasteiger charge is -2.42. The Morgan fingerprint density at radius 3 is 1.34 bits per heavy atom. The Kier molecular flexibility index (Phi) is 37.0. The first kappa shape index (κ1) is 62.1. The second-order valence-corrected chi connectivity index (χ2v) is 19.0. The molecule has 0 bridgehead atoms. The van der Waals surface area contributed by atoms with Crippen LogP contribution in [-0.4, -0.2) is 142 Å². The van der Waals surface area contributed by atoms with Crippen molar-refractivity contribution >= 4 is 11.9 Å². The van der Waals surface area contributed by atoms with E-state index in [2.05, 4.69) is 38.2 Å². The van der Waals surface area contributed by atoms with Crippen molar-refractivity contribution in [3.05, 3.63) is 24.3 Å². The molecule has 2 saturated heterocycles. The van der Waals surface area contributed by atoms with Gasteiger partial charge in [0.15, 0.2) is 18.7 Å². The summed E-state index contributed by atoms with van der Waals surface area (Å²) in [6, 6.07) is 0. The lowest BCUT2D eigenvalue weighted by Crippen LogP contribution is -2.61. The molecule has 7 N–H and O–H groups in total. The van der Waals surface area contributed by atoms with Crippen LogP contribution in [0.15, 0.2) is 24.3 Å². The maximum Gasteiger partial charge on any atom is 0.306 e. The largest absolute Gasteiger partial charge is 0.462 e. The molecule has 2 heterocycles. The van der Waals surface area contributed by atoms with Crippen LogP contribution in [0.2, 0.25) is 0 Å². The molecule has 0 aromatic rings. The van der Waals surface area contributed by atoms with Crippen molar-refractivity contribution in [1.29, 1.82) is 0 Å². The van der Waals surface area contributed by atoms with Gasteiger partial charge in [0.25, 0.3) is 0 Å². The van der Waals surface area contributed by atoms with Crippen LogP contribution in [-0.2, 0) is 38.0 Å². The average Bonchev–Trinajstić information content (AvgIpc) is 3.33. The second kappa shape index (κ2) is 40.6. The van der Waals surface area contributed by atoms with Gasteiger partial charge in [-0.2, -0.15) is 0 Å². The zero-order valence-electron chi connectivity index (χ0n) is 42.1. The Morgan fingerprint density at radius 2 is 0.853 bits per heavy atom. The number of carbonyl (C=O) groups excluding carboxylic acids is 2. The van der Waals surface area contributed by atoms with Gasteiger partial charge in [-0.1, -0.05) is 160 Å². The van der Waals surface area contributed by atoms with Gasteiger partial charge in [0, 0.05) is 12.8 Å². The van der Waals surface area contributed by atoms with Gasteiger partial charge in [0.1, 0.15) is 55.4 Å². The molecule has 68 heavy (non-hydrogen) atoms. The number of rotatable bonds is 42. The van der Waals surface area contributed by atoms with E-state index >= 15 is 0 Å². The Morgan fingerprint density at radius 1 is 0.456 bits per heavy atom. The van der Waals surface area contributed by atoms with Gasteiger partial charge >= 0.3 is 11.9 Å². The van der Waals surface area contributed by atoms with Crippen LogP contribution in [0.1, 0.15) is 206 Å². The average molecular weight is 973 g/mol. The Balaban J connectivity index is 1.76. The molecule has 2 rings (SSSR count). The van der Waals surface area contributed by atoms with Crippen LogP contribution in [0.25, 0.3) is 0 Å². The van der Waals surface area contributed by atoms with Crippen LogP contribution in [0.3, 0.4) is 0 Å². The van der Waals surface area contributed by atoms with E-state index < -0.39 is 92.7 Å². The van der Waals surface area contributed by atoms with Crippen molar-refractivity contribution in [2.75, 3.05) is 26.4 Å². The van der Waals surface area contributed by atoms with Crippen molar-refractivity contribution in [2.45, 2.75) is 274 Å². The van der Waals surface area contributed by atoms with E-state index in [0.717, 1.165) is 57.8 Å². The molecule has 0 saturated carbocycles. The summed E-state index contributed by atoms with van der Waals surface area (Å²) < 4.78 is 33.6. The fraction of sp³-hybridized carbons (Fsp3) is 0.887. The van der Waals surface area contributed by atoms with Crippen molar-refractivity contribution in [3.8, 4) is 0 Å². The summed E-state index contributed by atoms with van der Waals surface area (Å²) in [4.78, 5) is 25.7. The molecule has 0 aromatic heterocycles. The first-order valence-electron chi connectivity index (χ1n) is 26.9. The van der Waals surface area contributed by atoms with Gasteiger partial charge < -0.3 is 64.2 Å². The van der Waals surface area contributed by atoms with E-state index in [-0.39, 0.29) is 26.1 Å². The normalized spacial score (nSPS) is 25.9. The predicted octanol–water partition coefficient (Wildman–Crippen LogP) is 7.94. The number of unbranched alkanes of at least 4 members (excludes halogenated alkanes) is 24. The van der Waals surface area contributed by atoms with Gasteiger partial charge in [-0.05, 0) is 57.8 Å². The topological polar surface area (TPSA) is 231 Å². The number of aliphatic hydroxyl groups is 7. The molecule has 15 nitrogen and oxygen atoms in total. The SMILES string of the molecule is CCCC/C=C/CCCCCCCC(=O)OC[C@H](CO[C@H]1O[C@@H](CO[C@H]2O[C@@H](CO)[C@@H](O)C(O)C2O)[C@@H](O)C(O)C1O)OC(=O)CCCCCCCCCCCCC/C=C/CCCCCCCC. The summed E-state index contributed by atoms with van der Waals surface area (Å²) in [5, 5.41) is 72.1. The minimum Gasteiger partial charge on any atom is -0.462 e.